The molecule has 0 spiro atoms. The van der Waals surface area contributed by atoms with E-state index in [1.54, 1.807) is 19.1 Å². The van der Waals surface area contributed by atoms with Crippen molar-refractivity contribution in [3.63, 3.8) is 0 Å². The van der Waals surface area contributed by atoms with Crippen molar-refractivity contribution >= 4 is 5.91 Å². The maximum Gasteiger partial charge on any atom is 0.219 e. The van der Waals surface area contributed by atoms with Crippen molar-refractivity contribution in [3.8, 4) is 5.75 Å². The van der Waals surface area contributed by atoms with Crippen molar-refractivity contribution in [3.05, 3.63) is 30.1 Å². The number of halogens is 1. The number of hydrogen-bond donors (Lipinski definition) is 1. The molecule has 0 saturated carbocycles. The van der Waals surface area contributed by atoms with Crippen LogP contribution >= 0.6 is 0 Å². The lowest BCUT2D eigenvalue weighted by atomic mass is 10.3. The molecule has 0 fully saturated rings. The van der Waals surface area contributed by atoms with E-state index in [0.717, 1.165) is 0 Å². The van der Waals surface area contributed by atoms with Crippen LogP contribution in [0.25, 0.3) is 0 Å². The summed E-state index contributed by atoms with van der Waals surface area (Å²) < 4.78 is 17.9. The summed E-state index contributed by atoms with van der Waals surface area (Å²) in [7, 11) is 0. The van der Waals surface area contributed by atoms with Crippen molar-refractivity contribution < 1.29 is 13.9 Å². The van der Waals surface area contributed by atoms with E-state index in [9.17, 15) is 9.18 Å². The Morgan fingerprint density at radius 3 is 3.00 bits per heavy atom. The average molecular weight is 211 g/mol. The monoisotopic (exact) mass is 211 g/mol. The molecule has 1 N–H and O–H groups in total. The van der Waals surface area contributed by atoms with Crippen LogP contribution < -0.4 is 10.1 Å². The Kier molecular flexibility index (Phi) is 4.60. The maximum absolute atomic E-state index is 12.7. The minimum absolute atomic E-state index is 0.0159. The molecular weight excluding hydrogens is 197 g/mol. The molecule has 0 unspecified atom stereocenters. The third-order valence-corrected chi connectivity index (χ3v) is 1.81. The first kappa shape index (κ1) is 11.5. The summed E-state index contributed by atoms with van der Waals surface area (Å²) in [6.07, 6.45) is 0.458. The number of benzene rings is 1. The smallest absolute Gasteiger partial charge is 0.219 e. The molecule has 1 aromatic carbocycles. The van der Waals surface area contributed by atoms with E-state index in [1.165, 1.54) is 12.1 Å². The molecule has 0 bridgehead atoms. The highest BCUT2D eigenvalue weighted by Crippen LogP contribution is 2.11. The molecule has 1 amide bonds. The average Bonchev–Trinajstić information content (AvgIpc) is 2.24. The van der Waals surface area contributed by atoms with Crippen molar-refractivity contribution in [1.82, 2.24) is 5.32 Å². The minimum Gasteiger partial charge on any atom is -0.492 e. The first-order chi connectivity index (χ1) is 7.22. The molecule has 0 heterocycles. The lowest BCUT2D eigenvalue weighted by Gasteiger charge is -2.06. The Bertz CT molecular complexity index is 328. The van der Waals surface area contributed by atoms with Gasteiger partial charge in [0.15, 0.2) is 0 Å². The molecule has 4 heteroatoms. The number of carbonyl (C=O) groups excluding carboxylic acids is 1. The van der Waals surface area contributed by atoms with Gasteiger partial charge in [0.1, 0.15) is 18.2 Å². The molecule has 1 rings (SSSR count). The summed E-state index contributed by atoms with van der Waals surface area (Å²) in [6, 6.07) is 5.91. The van der Waals surface area contributed by atoms with E-state index in [0.29, 0.717) is 25.3 Å². The summed E-state index contributed by atoms with van der Waals surface area (Å²) in [6.45, 7) is 2.56. The molecule has 0 atom stereocenters. The van der Waals surface area contributed by atoms with E-state index in [-0.39, 0.29) is 11.7 Å². The van der Waals surface area contributed by atoms with Crippen LogP contribution in [0.4, 0.5) is 4.39 Å². The first-order valence-corrected chi connectivity index (χ1v) is 4.87. The summed E-state index contributed by atoms with van der Waals surface area (Å²) in [5.41, 5.74) is 0. The van der Waals surface area contributed by atoms with Gasteiger partial charge in [0.05, 0.1) is 6.54 Å². The highest BCUT2D eigenvalue weighted by Gasteiger charge is 1.97. The number of carbonyl (C=O) groups is 1. The van der Waals surface area contributed by atoms with Gasteiger partial charge in [-0.25, -0.2) is 4.39 Å². The topological polar surface area (TPSA) is 38.3 Å². The molecule has 82 valence electrons. The normalized spacial score (nSPS) is 9.73. The van der Waals surface area contributed by atoms with Crippen LogP contribution in [0.2, 0.25) is 0 Å². The molecule has 0 saturated heterocycles. The highest BCUT2D eigenvalue weighted by atomic mass is 19.1. The highest BCUT2D eigenvalue weighted by molar-refractivity contribution is 5.75. The molecule has 0 radical (unpaired) electrons. The summed E-state index contributed by atoms with van der Waals surface area (Å²) in [5, 5.41) is 2.66. The number of rotatable bonds is 5. The Morgan fingerprint density at radius 2 is 2.33 bits per heavy atom. The standard InChI is InChI=1S/C11H14FNO2/c1-2-11(14)13-6-7-15-10-5-3-4-9(12)8-10/h3-5,8H,2,6-7H2,1H3,(H,13,14). The van der Waals surface area contributed by atoms with Gasteiger partial charge in [-0.3, -0.25) is 4.79 Å². The fourth-order valence-corrected chi connectivity index (χ4v) is 1.04. The van der Waals surface area contributed by atoms with Crippen molar-refractivity contribution in [2.45, 2.75) is 13.3 Å². The second kappa shape index (κ2) is 6.01. The number of nitrogens with one attached hydrogen (secondary N) is 1. The zero-order valence-corrected chi connectivity index (χ0v) is 8.63. The fourth-order valence-electron chi connectivity index (χ4n) is 1.04. The number of ether oxygens (including phenoxy) is 1. The van der Waals surface area contributed by atoms with E-state index in [1.807, 2.05) is 0 Å². The second-order valence-corrected chi connectivity index (χ2v) is 3.01. The van der Waals surface area contributed by atoms with E-state index in [4.69, 9.17) is 4.74 Å². The van der Waals surface area contributed by atoms with Crippen molar-refractivity contribution in [2.24, 2.45) is 0 Å². The van der Waals surface area contributed by atoms with Gasteiger partial charge in [0.25, 0.3) is 0 Å². The predicted octanol–water partition coefficient (Wildman–Crippen LogP) is 1.73. The molecular formula is C11H14FNO2. The van der Waals surface area contributed by atoms with Crippen molar-refractivity contribution in [1.29, 1.82) is 0 Å². The van der Waals surface area contributed by atoms with Gasteiger partial charge >= 0.3 is 0 Å². The van der Waals surface area contributed by atoms with Gasteiger partial charge in [-0.2, -0.15) is 0 Å². The molecule has 15 heavy (non-hydrogen) atoms. The molecule has 0 aliphatic rings. The second-order valence-electron chi connectivity index (χ2n) is 3.01. The largest absolute Gasteiger partial charge is 0.492 e. The van der Waals surface area contributed by atoms with Gasteiger partial charge in [-0.15, -0.1) is 0 Å². The van der Waals surface area contributed by atoms with Crippen LogP contribution in [-0.4, -0.2) is 19.1 Å². The van der Waals surface area contributed by atoms with Gasteiger partial charge in [-0.1, -0.05) is 13.0 Å². The molecule has 3 nitrogen and oxygen atoms in total. The summed E-state index contributed by atoms with van der Waals surface area (Å²) in [4.78, 5) is 10.9. The lowest BCUT2D eigenvalue weighted by Crippen LogP contribution is -2.27. The first-order valence-electron chi connectivity index (χ1n) is 4.87. The third-order valence-electron chi connectivity index (χ3n) is 1.81. The van der Waals surface area contributed by atoms with Crippen LogP contribution in [-0.2, 0) is 4.79 Å². The Hall–Kier alpha value is -1.58. The predicted molar refractivity (Wildman–Crippen MR) is 55.2 cm³/mol. The van der Waals surface area contributed by atoms with Crippen LogP contribution in [0.1, 0.15) is 13.3 Å². The van der Waals surface area contributed by atoms with Gasteiger partial charge in [-0.05, 0) is 12.1 Å². The minimum atomic E-state index is -0.329. The summed E-state index contributed by atoms with van der Waals surface area (Å²) >= 11 is 0. The SMILES string of the molecule is CCC(=O)NCCOc1cccc(F)c1. The van der Waals surface area contributed by atoms with Gasteiger partial charge in [0, 0.05) is 12.5 Å². The lowest BCUT2D eigenvalue weighted by molar-refractivity contribution is -0.120. The Labute approximate surface area is 88.2 Å². The van der Waals surface area contributed by atoms with Crippen LogP contribution in [0.15, 0.2) is 24.3 Å². The van der Waals surface area contributed by atoms with E-state index >= 15 is 0 Å². The quantitative estimate of drug-likeness (QED) is 0.753. The molecule has 0 aliphatic heterocycles. The van der Waals surface area contributed by atoms with Gasteiger partial charge in [0.2, 0.25) is 5.91 Å². The molecule has 0 aliphatic carbocycles. The molecule has 1 aromatic rings. The fraction of sp³-hybridized carbons (Fsp3) is 0.364. The van der Waals surface area contributed by atoms with Gasteiger partial charge < -0.3 is 10.1 Å². The van der Waals surface area contributed by atoms with Crippen LogP contribution in [0.3, 0.4) is 0 Å². The van der Waals surface area contributed by atoms with E-state index in [2.05, 4.69) is 5.32 Å². The number of hydrogen-bond acceptors (Lipinski definition) is 2. The number of amides is 1. The summed E-state index contributed by atoms with van der Waals surface area (Å²) in [5.74, 6) is 0.128. The third kappa shape index (κ3) is 4.44. The van der Waals surface area contributed by atoms with Crippen LogP contribution in [0, 0.1) is 5.82 Å². The zero-order valence-electron chi connectivity index (χ0n) is 8.63. The Balaban J connectivity index is 2.23. The van der Waals surface area contributed by atoms with E-state index < -0.39 is 0 Å². The maximum atomic E-state index is 12.7. The Morgan fingerprint density at radius 1 is 1.53 bits per heavy atom. The van der Waals surface area contributed by atoms with Crippen LogP contribution in [0.5, 0.6) is 5.75 Å². The zero-order chi connectivity index (χ0) is 11.1. The molecule has 0 aromatic heterocycles. The van der Waals surface area contributed by atoms with Crippen molar-refractivity contribution in [2.75, 3.05) is 13.2 Å².